The Balaban J connectivity index is 1.39. The summed E-state index contributed by atoms with van der Waals surface area (Å²) < 4.78 is 11.0. The van der Waals surface area contributed by atoms with Gasteiger partial charge in [-0.15, -0.1) is 0 Å². The second kappa shape index (κ2) is 10.9. The summed E-state index contributed by atoms with van der Waals surface area (Å²) >= 11 is 5.95. The molecule has 6 nitrogen and oxygen atoms in total. The zero-order valence-corrected chi connectivity index (χ0v) is 16.9. The molecule has 3 aromatic rings. The van der Waals surface area contributed by atoms with Gasteiger partial charge in [0.15, 0.2) is 6.61 Å². The molecular formula is C23H21ClN2O4. The molecule has 7 heteroatoms. The van der Waals surface area contributed by atoms with Gasteiger partial charge in [0.05, 0.1) is 11.6 Å². The van der Waals surface area contributed by atoms with Gasteiger partial charge in [0.2, 0.25) is 0 Å². The summed E-state index contributed by atoms with van der Waals surface area (Å²) in [6, 6.07) is 23.5. The first-order chi connectivity index (χ1) is 14.6. The van der Waals surface area contributed by atoms with Gasteiger partial charge in [0.25, 0.3) is 11.8 Å². The number of amides is 2. The maximum absolute atomic E-state index is 12.2. The van der Waals surface area contributed by atoms with Crippen molar-refractivity contribution in [3.8, 4) is 11.5 Å². The van der Waals surface area contributed by atoms with E-state index in [-0.39, 0.29) is 6.61 Å². The molecule has 154 valence electrons. The standard InChI is InChI=1S/C23H21ClN2O4/c24-20-8-4-5-9-21(20)30-16-22(27)25-26-23(28)18-10-12-19(13-11-18)29-15-14-17-6-2-1-3-7-17/h1-13H,14-16H2,(H,25,27)(H,26,28). The van der Waals surface area contributed by atoms with E-state index in [9.17, 15) is 9.59 Å². The number of benzene rings is 3. The molecule has 0 bridgehead atoms. The molecule has 0 aliphatic carbocycles. The number of ether oxygens (including phenoxy) is 2. The Bertz CT molecular complexity index is 978. The molecular weight excluding hydrogens is 404 g/mol. The monoisotopic (exact) mass is 424 g/mol. The zero-order chi connectivity index (χ0) is 21.2. The van der Waals surface area contributed by atoms with Crippen molar-refractivity contribution in [2.75, 3.05) is 13.2 Å². The first kappa shape index (κ1) is 21.2. The van der Waals surface area contributed by atoms with Crippen LogP contribution in [-0.4, -0.2) is 25.0 Å². The van der Waals surface area contributed by atoms with Gasteiger partial charge in [-0.1, -0.05) is 54.1 Å². The van der Waals surface area contributed by atoms with Crippen molar-refractivity contribution >= 4 is 23.4 Å². The molecule has 2 amide bonds. The second-order valence-corrected chi connectivity index (χ2v) is 6.74. The molecule has 0 saturated heterocycles. The van der Waals surface area contributed by atoms with Gasteiger partial charge in [-0.3, -0.25) is 20.4 Å². The predicted octanol–water partition coefficient (Wildman–Crippen LogP) is 3.80. The van der Waals surface area contributed by atoms with E-state index >= 15 is 0 Å². The van der Waals surface area contributed by atoms with E-state index in [2.05, 4.69) is 10.9 Å². The van der Waals surface area contributed by atoms with Crippen LogP contribution < -0.4 is 20.3 Å². The third kappa shape index (κ3) is 6.53. The molecule has 0 aliphatic rings. The quantitative estimate of drug-likeness (QED) is 0.539. The number of hydrazine groups is 1. The number of halogens is 1. The van der Waals surface area contributed by atoms with Crippen molar-refractivity contribution < 1.29 is 19.1 Å². The van der Waals surface area contributed by atoms with Gasteiger partial charge in [-0.05, 0) is 42.0 Å². The minimum atomic E-state index is -0.510. The highest BCUT2D eigenvalue weighted by Gasteiger charge is 2.09. The first-order valence-electron chi connectivity index (χ1n) is 9.35. The van der Waals surface area contributed by atoms with Crippen LogP contribution in [0.5, 0.6) is 11.5 Å². The van der Waals surface area contributed by atoms with Gasteiger partial charge < -0.3 is 9.47 Å². The maximum atomic E-state index is 12.2. The summed E-state index contributed by atoms with van der Waals surface area (Å²) in [5, 5.41) is 0.403. The highest BCUT2D eigenvalue weighted by atomic mass is 35.5. The van der Waals surface area contributed by atoms with E-state index in [1.165, 1.54) is 5.56 Å². The fraction of sp³-hybridized carbons (Fsp3) is 0.130. The summed E-state index contributed by atoms with van der Waals surface area (Å²) in [4.78, 5) is 24.0. The number of carbonyl (C=O) groups is 2. The Morgan fingerprint density at radius 3 is 2.23 bits per heavy atom. The van der Waals surface area contributed by atoms with Crippen LogP contribution >= 0.6 is 11.6 Å². The molecule has 0 heterocycles. The minimum absolute atomic E-state index is 0.280. The number of hydrogen-bond acceptors (Lipinski definition) is 4. The van der Waals surface area contributed by atoms with E-state index in [0.29, 0.717) is 28.7 Å². The normalized spacial score (nSPS) is 10.2. The molecule has 0 aromatic heterocycles. The molecule has 0 unspecified atom stereocenters. The molecule has 0 radical (unpaired) electrons. The van der Waals surface area contributed by atoms with E-state index in [0.717, 1.165) is 6.42 Å². The first-order valence-corrected chi connectivity index (χ1v) is 9.73. The van der Waals surface area contributed by atoms with E-state index in [1.807, 2.05) is 30.3 Å². The van der Waals surface area contributed by atoms with Crippen LogP contribution in [0.1, 0.15) is 15.9 Å². The zero-order valence-electron chi connectivity index (χ0n) is 16.1. The lowest BCUT2D eigenvalue weighted by molar-refractivity contribution is -0.123. The second-order valence-electron chi connectivity index (χ2n) is 6.33. The summed E-state index contributed by atoms with van der Waals surface area (Å²) in [7, 11) is 0. The molecule has 3 rings (SSSR count). The van der Waals surface area contributed by atoms with E-state index < -0.39 is 11.8 Å². The lowest BCUT2D eigenvalue weighted by atomic mass is 10.2. The van der Waals surface area contributed by atoms with E-state index in [4.69, 9.17) is 21.1 Å². The Morgan fingerprint density at radius 1 is 0.800 bits per heavy atom. The van der Waals surface area contributed by atoms with Crippen molar-refractivity contribution in [1.29, 1.82) is 0 Å². The van der Waals surface area contributed by atoms with Crippen LogP contribution in [0, 0.1) is 0 Å². The molecule has 30 heavy (non-hydrogen) atoms. The predicted molar refractivity (Wildman–Crippen MR) is 115 cm³/mol. The molecule has 0 spiro atoms. The van der Waals surface area contributed by atoms with Gasteiger partial charge >= 0.3 is 0 Å². The maximum Gasteiger partial charge on any atom is 0.276 e. The van der Waals surface area contributed by atoms with Crippen molar-refractivity contribution in [1.82, 2.24) is 10.9 Å². The summed E-state index contributed by atoms with van der Waals surface area (Å²) in [5.74, 6) is 0.101. The average molecular weight is 425 g/mol. The van der Waals surface area contributed by atoms with E-state index in [1.54, 1.807) is 48.5 Å². The van der Waals surface area contributed by atoms with Crippen molar-refractivity contribution in [3.63, 3.8) is 0 Å². The van der Waals surface area contributed by atoms with Gasteiger partial charge in [0, 0.05) is 12.0 Å². The third-order valence-electron chi connectivity index (χ3n) is 4.13. The smallest absolute Gasteiger partial charge is 0.276 e. The SMILES string of the molecule is O=C(COc1ccccc1Cl)NNC(=O)c1ccc(OCCc2ccccc2)cc1. The number of carbonyl (C=O) groups excluding carboxylic acids is 2. The number of hydrogen-bond donors (Lipinski definition) is 2. The van der Waals surface area contributed by atoms with Gasteiger partial charge in [-0.25, -0.2) is 0 Å². The summed E-state index contributed by atoms with van der Waals surface area (Å²) in [6.45, 7) is 0.259. The fourth-order valence-electron chi connectivity index (χ4n) is 2.57. The number of para-hydroxylation sites is 1. The molecule has 0 aliphatic heterocycles. The average Bonchev–Trinajstić information content (AvgIpc) is 2.78. The van der Waals surface area contributed by atoms with Crippen LogP contribution in [0.4, 0.5) is 0 Å². The molecule has 0 fully saturated rings. The number of rotatable bonds is 8. The molecule has 2 N–H and O–H groups in total. The Hall–Kier alpha value is -3.51. The van der Waals surface area contributed by atoms with Crippen molar-refractivity contribution in [3.05, 3.63) is 95.0 Å². The van der Waals surface area contributed by atoms with Crippen molar-refractivity contribution in [2.45, 2.75) is 6.42 Å². The van der Waals surface area contributed by atoms with Crippen LogP contribution in [0.25, 0.3) is 0 Å². The van der Waals surface area contributed by atoms with Gasteiger partial charge in [-0.2, -0.15) is 0 Å². The van der Waals surface area contributed by atoms with Crippen LogP contribution in [0.15, 0.2) is 78.9 Å². The lowest BCUT2D eigenvalue weighted by Gasteiger charge is -2.10. The third-order valence-corrected chi connectivity index (χ3v) is 4.44. The highest BCUT2D eigenvalue weighted by Crippen LogP contribution is 2.22. The Kier molecular flexibility index (Phi) is 7.69. The largest absolute Gasteiger partial charge is 0.493 e. The van der Waals surface area contributed by atoms with Gasteiger partial charge in [0.1, 0.15) is 11.5 Å². The fourth-order valence-corrected chi connectivity index (χ4v) is 2.76. The summed E-state index contributed by atoms with van der Waals surface area (Å²) in [6.07, 6.45) is 0.797. The topological polar surface area (TPSA) is 76.7 Å². The summed E-state index contributed by atoms with van der Waals surface area (Å²) in [5.41, 5.74) is 6.23. The van der Waals surface area contributed by atoms with Crippen LogP contribution in [0.2, 0.25) is 5.02 Å². The van der Waals surface area contributed by atoms with Crippen LogP contribution in [0.3, 0.4) is 0 Å². The Labute approximate surface area is 179 Å². The number of nitrogens with one attached hydrogen (secondary N) is 2. The molecule has 3 aromatic carbocycles. The van der Waals surface area contributed by atoms with Crippen molar-refractivity contribution in [2.24, 2.45) is 0 Å². The van der Waals surface area contributed by atoms with Crippen LogP contribution in [-0.2, 0) is 11.2 Å². The lowest BCUT2D eigenvalue weighted by Crippen LogP contribution is -2.43. The highest BCUT2D eigenvalue weighted by molar-refractivity contribution is 6.32. The Morgan fingerprint density at radius 2 is 1.50 bits per heavy atom. The molecule has 0 atom stereocenters. The minimum Gasteiger partial charge on any atom is -0.493 e. The molecule has 0 saturated carbocycles.